The second kappa shape index (κ2) is 6.31. The fourth-order valence-electron chi connectivity index (χ4n) is 1.45. The quantitative estimate of drug-likeness (QED) is 0.837. The van der Waals surface area contributed by atoms with Crippen LogP contribution in [0.3, 0.4) is 0 Å². The highest BCUT2D eigenvalue weighted by atomic mass is 32.1. The van der Waals surface area contributed by atoms with E-state index in [0.717, 1.165) is 0 Å². The fraction of sp³-hybridized carbons (Fsp3) is 0.250. The number of carbonyl (C=O) groups excluding carboxylic acids is 1. The van der Waals surface area contributed by atoms with Crippen LogP contribution in [-0.4, -0.2) is 29.1 Å². The van der Waals surface area contributed by atoms with Gasteiger partial charge in [0.1, 0.15) is 17.4 Å². The SMILES string of the molecule is COCc1ccc(C(=O)NCc2nc(C(=O)O)cs2)o1. The predicted octanol–water partition coefficient (Wildman–Crippen LogP) is 1.51. The lowest BCUT2D eigenvalue weighted by molar-refractivity contribution is 0.0691. The number of aromatic nitrogens is 1. The van der Waals surface area contributed by atoms with Gasteiger partial charge in [-0.2, -0.15) is 0 Å². The first-order chi connectivity index (χ1) is 9.60. The van der Waals surface area contributed by atoms with E-state index >= 15 is 0 Å². The van der Waals surface area contributed by atoms with Crippen molar-refractivity contribution < 1.29 is 23.8 Å². The van der Waals surface area contributed by atoms with Crippen LogP contribution in [0.1, 0.15) is 31.8 Å². The number of hydrogen-bond acceptors (Lipinski definition) is 6. The van der Waals surface area contributed by atoms with Crippen LogP contribution in [0.5, 0.6) is 0 Å². The minimum atomic E-state index is -1.09. The van der Waals surface area contributed by atoms with Crippen LogP contribution in [0.4, 0.5) is 0 Å². The van der Waals surface area contributed by atoms with Crippen LogP contribution < -0.4 is 5.32 Å². The molecule has 106 valence electrons. The Labute approximate surface area is 118 Å². The third-order valence-corrected chi connectivity index (χ3v) is 3.19. The Balaban J connectivity index is 1.91. The van der Waals surface area contributed by atoms with Gasteiger partial charge in [-0.1, -0.05) is 0 Å². The number of hydrogen-bond donors (Lipinski definition) is 2. The van der Waals surface area contributed by atoms with Gasteiger partial charge in [0, 0.05) is 12.5 Å². The second-order valence-electron chi connectivity index (χ2n) is 3.81. The number of carboxylic acid groups (broad SMARTS) is 1. The monoisotopic (exact) mass is 296 g/mol. The van der Waals surface area contributed by atoms with Gasteiger partial charge in [-0.05, 0) is 12.1 Å². The van der Waals surface area contributed by atoms with E-state index in [9.17, 15) is 9.59 Å². The highest BCUT2D eigenvalue weighted by Gasteiger charge is 2.13. The predicted molar refractivity (Wildman–Crippen MR) is 69.7 cm³/mol. The Hall–Kier alpha value is -2.19. The van der Waals surface area contributed by atoms with Gasteiger partial charge in [0.2, 0.25) is 0 Å². The summed E-state index contributed by atoms with van der Waals surface area (Å²) in [6.45, 7) is 0.443. The summed E-state index contributed by atoms with van der Waals surface area (Å²) < 4.78 is 10.2. The zero-order chi connectivity index (χ0) is 14.5. The van der Waals surface area contributed by atoms with Crippen LogP contribution in [-0.2, 0) is 17.9 Å². The Kier molecular flexibility index (Phi) is 4.49. The molecule has 0 unspecified atom stereocenters. The summed E-state index contributed by atoms with van der Waals surface area (Å²) in [5.41, 5.74) is -0.0281. The lowest BCUT2D eigenvalue weighted by atomic mass is 10.4. The summed E-state index contributed by atoms with van der Waals surface area (Å²) in [5.74, 6) is -0.749. The molecule has 0 aliphatic heterocycles. The summed E-state index contributed by atoms with van der Waals surface area (Å²) in [4.78, 5) is 26.3. The van der Waals surface area contributed by atoms with E-state index in [1.54, 1.807) is 12.1 Å². The number of methoxy groups -OCH3 is 1. The van der Waals surface area contributed by atoms with E-state index in [1.165, 1.54) is 23.8 Å². The number of amides is 1. The van der Waals surface area contributed by atoms with Crippen molar-refractivity contribution >= 4 is 23.2 Å². The zero-order valence-electron chi connectivity index (χ0n) is 10.6. The first kappa shape index (κ1) is 14.2. The van der Waals surface area contributed by atoms with Crippen molar-refractivity contribution in [1.82, 2.24) is 10.3 Å². The molecular formula is C12H12N2O5S. The van der Waals surface area contributed by atoms with E-state index in [-0.39, 0.29) is 23.9 Å². The molecule has 2 aromatic rings. The van der Waals surface area contributed by atoms with Gasteiger partial charge in [-0.15, -0.1) is 11.3 Å². The Morgan fingerprint density at radius 3 is 2.95 bits per heavy atom. The normalized spacial score (nSPS) is 10.4. The van der Waals surface area contributed by atoms with Crippen molar-refractivity contribution in [3.05, 3.63) is 39.7 Å². The molecule has 0 aliphatic carbocycles. The van der Waals surface area contributed by atoms with E-state index in [4.69, 9.17) is 14.3 Å². The maximum absolute atomic E-state index is 11.8. The first-order valence-corrected chi connectivity index (χ1v) is 6.51. The largest absolute Gasteiger partial charge is 0.476 e. The maximum Gasteiger partial charge on any atom is 0.355 e. The second-order valence-corrected chi connectivity index (χ2v) is 4.76. The van der Waals surface area contributed by atoms with E-state index < -0.39 is 5.97 Å². The number of carboxylic acids is 1. The molecule has 7 nitrogen and oxygen atoms in total. The van der Waals surface area contributed by atoms with Crippen LogP contribution in [0.25, 0.3) is 0 Å². The van der Waals surface area contributed by atoms with Crippen LogP contribution in [0.15, 0.2) is 21.9 Å². The molecule has 2 rings (SSSR count). The molecule has 2 aromatic heterocycles. The topological polar surface area (TPSA) is 102 Å². The van der Waals surface area contributed by atoms with E-state index in [1.807, 2.05) is 0 Å². The molecular weight excluding hydrogens is 284 g/mol. The van der Waals surface area contributed by atoms with Crippen molar-refractivity contribution in [3.8, 4) is 0 Å². The lowest BCUT2D eigenvalue weighted by Crippen LogP contribution is -2.22. The average molecular weight is 296 g/mol. The lowest BCUT2D eigenvalue weighted by Gasteiger charge is -2.00. The van der Waals surface area contributed by atoms with Crippen molar-refractivity contribution in [2.24, 2.45) is 0 Å². The highest BCUT2D eigenvalue weighted by molar-refractivity contribution is 7.09. The van der Waals surface area contributed by atoms with Crippen molar-refractivity contribution in [2.75, 3.05) is 7.11 Å². The number of nitrogens with zero attached hydrogens (tertiary/aromatic N) is 1. The molecule has 20 heavy (non-hydrogen) atoms. The number of ether oxygens (including phenoxy) is 1. The summed E-state index contributed by atoms with van der Waals surface area (Å²) in [6, 6.07) is 3.21. The Bertz CT molecular complexity index is 619. The van der Waals surface area contributed by atoms with Gasteiger partial charge in [-0.3, -0.25) is 4.79 Å². The minimum Gasteiger partial charge on any atom is -0.476 e. The van der Waals surface area contributed by atoms with Crippen LogP contribution in [0.2, 0.25) is 0 Å². The number of nitrogens with one attached hydrogen (secondary N) is 1. The number of thiazole rings is 1. The maximum atomic E-state index is 11.8. The van der Waals surface area contributed by atoms with Gasteiger partial charge < -0.3 is 19.6 Å². The standard InChI is InChI=1S/C12H12N2O5S/c1-18-5-7-2-3-9(19-7)11(15)13-4-10-14-8(6-20-10)12(16)17/h2-3,6H,4-5H2,1H3,(H,13,15)(H,16,17). The highest BCUT2D eigenvalue weighted by Crippen LogP contribution is 2.11. The molecule has 1 amide bonds. The first-order valence-electron chi connectivity index (χ1n) is 5.63. The molecule has 0 aromatic carbocycles. The van der Waals surface area contributed by atoms with Gasteiger partial charge >= 0.3 is 5.97 Å². The molecule has 0 radical (unpaired) electrons. The Morgan fingerprint density at radius 2 is 2.30 bits per heavy atom. The molecule has 0 fully saturated rings. The van der Waals surface area contributed by atoms with E-state index in [2.05, 4.69) is 10.3 Å². The van der Waals surface area contributed by atoms with Crippen LogP contribution >= 0.6 is 11.3 Å². The van der Waals surface area contributed by atoms with Gasteiger partial charge in [0.05, 0.1) is 6.54 Å². The number of furan rings is 1. The number of carbonyl (C=O) groups is 2. The van der Waals surface area contributed by atoms with Crippen molar-refractivity contribution in [3.63, 3.8) is 0 Å². The molecule has 0 spiro atoms. The third-order valence-electron chi connectivity index (χ3n) is 2.34. The molecule has 8 heteroatoms. The van der Waals surface area contributed by atoms with Crippen molar-refractivity contribution in [1.29, 1.82) is 0 Å². The zero-order valence-corrected chi connectivity index (χ0v) is 11.4. The minimum absolute atomic E-state index is 0.0281. The summed E-state index contributed by atoms with van der Waals surface area (Å²) >= 11 is 1.17. The fourth-order valence-corrected chi connectivity index (χ4v) is 2.16. The molecule has 0 aliphatic rings. The number of rotatable bonds is 6. The molecule has 2 heterocycles. The van der Waals surface area contributed by atoms with Gasteiger partial charge in [-0.25, -0.2) is 9.78 Å². The third kappa shape index (κ3) is 3.43. The van der Waals surface area contributed by atoms with E-state index in [0.29, 0.717) is 17.4 Å². The number of aromatic carboxylic acids is 1. The summed E-state index contributed by atoms with van der Waals surface area (Å²) in [6.07, 6.45) is 0. The summed E-state index contributed by atoms with van der Waals surface area (Å²) in [7, 11) is 1.53. The smallest absolute Gasteiger partial charge is 0.355 e. The molecule has 0 atom stereocenters. The summed E-state index contributed by atoms with van der Waals surface area (Å²) in [5, 5.41) is 13.3. The van der Waals surface area contributed by atoms with Gasteiger partial charge in [0.25, 0.3) is 5.91 Å². The molecule has 0 saturated carbocycles. The molecule has 2 N–H and O–H groups in total. The van der Waals surface area contributed by atoms with Crippen LogP contribution in [0, 0.1) is 0 Å². The molecule has 0 saturated heterocycles. The average Bonchev–Trinajstić information content (AvgIpc) is 3.05. The van der Waals surface area contributed by atoms with Crippen molar-refractivity contribution in [2.45, 2.75) is 13.2 Å². The Morgan fingerprint density at radius 1 is 1.50 bits per heavy atom. The van der Waals surface area contributed by atoms with Gasteiger partial charge in [0.15, 0.2) is 11.5 Å². The molecule has 0 bridgehead atoms.